The van der Waals surface area contributed by atoms with Crippen molar-refractivity contribution in [1.82, 2.24) is 10.2 Å². The standard InChI is InChI=1S/C24H26ClFN4OS/c1-17(27-24(31)28-19-7-4-6-18(25)16-19)23(22-10-5-15-32-22)30-13-11-29(12-14-30)21-9-3-2-8-20(21)26/h2-10,15-17,23H,11-14H2,1H3,(H2,27,28,31)/t17-,23-/m1/s1. The molecule has 1 saturated heterocycles. The van der Waals surface area contributed by atoms with Crippen LogP contribution >= 0.6 is 22.9 Å². The summed E-state index contributed by atoms with van der Waals surface area (Å²) in [5.41, 5.74) is 1.29. The molecule has 1 aliphatic heterocycles. The summed E-state index contributed by atoms with van der Waals surface area (Å²) >= 11 is 7.70. The van der Waals surface area contributed by atoms with Crippen LogP contribution in [0.4, 0.5) is 20.6 Å². The molecule has 4 rings (SSSR count). The fourth-order valence-electron chi connectivity index (χ4n) is 4.17. The summed E-state index contributed by atoms with van der Waals surface area (Å²) in [5, 5.41) is 8.56. The molecule has 5 nitrogen and oxygen atoms in total. The molecule has 2 amide bonds. The molecule has 0 radical (unpaired) electrons. The van der Waals surface area contributed by atoms with Crippen molar-refractivity contribution in [2.75, 3.05) is 36.4 Å². The van der Waals surface area contributed by atoms with Gasteiger partial charge in [0.15, 0.2) is 0 Å². The highest BCUT2D eigenvalue weighted by Crippen LogP contribution is 2.30. The molecule has 1 fully saturated rings. The number of thiophene rings is 1. The minimum Gasteiger partial charge on any atom is -0.367 e. The first-order valence-electron chi connectivity index (χ1n) is 10.6. The molecular weight excluding hydrogens is 447 g/mol. The van der Waals surface area contributed by atoms with E-state index in [1.807, 2.05) is 25.1 Å². The molecule has 3 aromatic rings. The minimum absolute atomic E-state index is 0.0304. The van der Waals surface area contributed by atoms with Gasteiger partial charge in [-0.25, -0.2) is 9.18 Å². The van der Waals surface area contributed by atoms with Gasteiger partial charge in [0.1, 0.15) is 5.82 Å². The first kappa shape index (κ1) is 22.6. The van der Waals surface area contributed by atoms with E-state index in [2.05, 4.69) is 31.9 Å². The van der Waals surface area contributed by atoms with Crippen molar-refractivity contribution in [3.8, 4) is 0 Å². The molecule has 0 saturated carbocycles. The number of hydrogen-bond donors (Lipinski definition) is 2. The van der Waals surface area contributed by atoms with E-state index in [1.165, 1.54) is 10.9 Å². The van der Waals surface area contributed by atoms with Crippen LogP contribution in [0.25, 0.3) is 0 Å². The van der Waals surface area contributed by atoms with Crippen LogP contribution in [0, 0.1) is 5.82 Å². The number of nitrogens with one attached hydrogen (secondary N) is 2. The van der Waals surface area contributed by atoms with Crippen molar-refractivity contribution < 1.29 is 9.18 Å². The molecule has 2 aromatic carbocycles. The predicted molar refractivity (Wildman–Crippen MR) is 130 cm³/mol. The maximum atomic E-state index is 14.2. The Kier molecular flexibility index (Phi) is 7.29. The fourth-order valence-corrected chi connectivity index (χ4v) is 5.32. The van der Waals surface area contributed by atoms with E-state index in [0.717, 1.165) is 26.2 Å². The Hall–Kier alpha value is -2.61. The van der Waals surface area contributed by atoms with Gasteiger partial charge in [0.2, 0.25) is 0 Å². The Morgan fingerprint density at radius 3 is 2.53 bits per heavy atom. The van der Waals surface area contributed by atoms with Crippen molar-refractivity contribution in [1.29, 1.82) is 0 Å². The van der Waals surface area contributed by atoms with E-state index in [4.69, 9.17) is 11.6 Å². The first-order chi connectivity index (χ1) is 15.5. The molecule has 0 bridgehead atoms. The van der Waals surface area contributed by atoms with E-state index in [9.17, 15) is 9.18 Å². The van der Waals surface area contributed by atoms with Gasteiger partial charge < -0.3 is 15.5 Å². The molecular formula is C24H26ClFN4OS. The number of para-hydroxylation sites is 1. The van der Waals surface area contributed by atoms with Crippen LogP contribution in [-0.2, 0) is 0 Å². The normalized spacial score (nSPS) is 16.4. The van der Waals surface area contributed by atoms with E-state index >= 15 is 0 Å². The summed E-state index contributed by atoms with van der Waals surface area (Å²) in [6.07, 6.45) is 0. The summed E-state index contributed by atoms with van der Waals surface area (Å²) in [4.78, 5) is 18.3. The lowest BCUT2D eigenvalue weighted by Gasteiger charge is -2.42. The second-order valence-electron chi connectivity index (χ2n) is 7.83. The maximum Gasteiger partial charge on any atom is 0.319 e. The van der Waals surface area contributed by atoms with Gasteiger partial charge in [0.25, 0.3) is 0 Å². The Morgan fingerprint density at radius 2 is 1.84 bits per heavy atom. The van der Waals surface area contributed by atoms with Gasteiger partial charge in [-0.2, -0.15) is 0 Å². The van der Waals surface area contributed by atoms with Crippen molar-refractivity contribution in [2.45, 2.75) is 19.0 Å². The highest BCUT2D eigenvalue weighted by atomic mass is 35.5. The second-order valence-corrected chi connectivity index (χ2v) is 9.25. The zero-order valence-corrected chi connectivity index (χ0v) is 19.4. The lowest BCUT2D eigenvalue weighted by molar-refractivity contribution is 0.157. The zero-order chi connectivity index (χ0) is 22.5. The van der Waals surface area contributed by atoms with Gasteiger partial charge in [-0.3, -0.25) is 4.90 Å². The number of rotatable bonds is 6. The summed E-state index contributed by atoms with van der Waals surface area (Å²) in [5.74, 6) is -0.191. The number of halogens is 2. The lowest BCUT2D eigenvalue weighted by atomic mass is 10.0. The number of hydrogen-bond acceptors (Lipinski definition) is 4. The predicted octanol–water partition coefficient (Wildman–Crippen LogP) is 5.61. The minimum atomic E-state index is -0.272. The monoisotopic (exact) mass is 472 g/mol. The summed E-state index contributed by atoms with van der Waals surface area (Å²) in [6.45, 7) is 5.03. The van der Waals surface area contributed by atoms with Crippen LogP contribution in [0.5, 0.6) is 0 Å². The van der Waals surface area contributed by atoms with E-state index in [0.29, 0.717) is 16.4 Å². The van der Waals surface area contributed by atoms with E-state index in [-0.39, 0.29) is 23.9 Å². The fraction of sp³-hybridized carbons (Fsp3) is 0.292. The molecule has 8 heteroatoms. The van der Waals surface area contributed by atoms with Gasteiger partial charge in [-0.05, 0) is 48.7 Å². The van der Waals surface area contributed by atoms with Crippen LogP contribution < -0.4 is 15.5 Å². The van der Waals surface area contributed by atoms with Crippen LogP contribution in [0.3, 0.4) is 0 Å². The number of carbonyl (C=O) groups is 1. The molecule has 2 N–H and O–H groups in total. The average molecular weight is 473 g/mol. The van der Waals surface area contributed by atoms with Crippen molar-refractivity contribution in [2.24, 2.45) is 0 Å². The van der Waals surface area contributed by atoms with Gasteiger partial charge in [0.05, 0.1) is 11.7 Å². The second kappa shape index (κ2) is 10.3. The highest BCUT2D eigenvalue weighted by molar-refractivity contribution is 7.10. The molecule has 1 aliphatic rings. The first-order valence-corrected chi connectivity index (χ1v) is 11.9. The lowest BCUT2D eigenvalue weighted by Crippen LogP contribution is -2.52. The number of nitrogens with zero attached hydrogens (tertiary/aromatic N) is 2. The topological polar surface area (TPSA) is 47.6 Å². The third-order valence-electron chi connectivity index (χ3n) is 5.65. The molecule has 168 valence electrons. The van der Waals surface area contributed by atoms with Crippen LogP contribution in [0.15, 0.2) is 66.0 Å². The third-order valence-corrected chi connectivity index (χ3v) is 6.83. The van der Waals surface area contributed by atoms with E-state index in [1.54, 1.807) is 41.7 Å². The zero-order valence-electron chi connectivity index (χ0n) is 17.8. The number of amides is 2. The molecule has 0 unspecified atom stereocenters. The van der Waals surface area contributed by atoms with Gasteiger partial charge in [-0.15, -0.1) is 11.3 Å². The molecule has 2 heterocycles. The number of carbonyl (C=O) groups excluding carboxylic acids is 1. The van der Waals surface area contributed by atoms with Gasteiger partial charge in [0, 0.05) is 47.8 Å². The molecule has 0 aliphatic carbocycles. The SMILES string of the molecule is C[C@@H](NC(=O)Nc1cccc(Cl)c1)[C@H](c1cccs1)N1CCN(c2ccccc2F)CC1. The molecule has 0 spiro atoms. The third kappa shape index (κ3) is 5.41. The Morgan fingerprint density at radius 1 is 1.06 bits per heavy atom. The molecule has 1 aromatic heterocycles. The highest BCUT2D eigenvalue weighted by Gasteiger charge is 2.31. The van der Waals surface area contributed by atoms with Crippen molar-refractivity contribution in [3.05, 3.63) is 81.8 Å². The van der Waals surface area contributed by atoms with Crippen LogP contribution in [0.1, 0.15) is 17.8 Å². The number of benzene rings is 2. The van der Waals surface area contributed by atoms with Crippen molar-refractivity contribution >= 4 is 40.3 Å². The average Bonchev–Trinajstić information content (AvgIpc) is 3.29. The molecule has 32 heavy (non-hydrogen) atoms. The Bertz CT molecular complexity index is 1040. The summed E-state index contributed by atoms with van der Waals surface area (Å²) in [6, 6.07) is 17.7. The summed E-state index contributed by atoms with van der Waals surface area (Å²) in [7, 11) is 0. The maximum absolute atomic E-state index is 14.2. The van der Waals surface area contributed by atoms with Crippen LogP contribution in [-0.4, -0.2) is 43.2 Å². The quantitative estimate of drug-likeness (QED) is 0.490. The van der Waals surface area contributed by atoms with Gasteiger partial charge >= 0.3 is 6.03 Å². The van der Waals surface area contributed by atoms with Gasteiger partial charge in [-0.1, -0.05) is 35.9 Å². The summed E-state index contributed by atoms with van der Waals surface area (Å²) < 4.78 is 14.2. The largest absolute Gasteiger partial charge is 0.367 e. The van der Waals surface area contributed by atoms with Crippen LogP contribution in [0.2, 0.25) is 5.02 Å². The van der Waals surface area contributed by atoms with Crippen molar-refractivity contribution in [3.63, 3.8) is 0 Å². The number of anilines is 2. The number of urea groups is 1. The Labute approximate surface area is 196 Å². The van der Waals surface area contributed by atoms with E-state index < -0.39 is 0 Å². The number of piperazine rings is 1. The smallest absolute Gasteiger partial charge is 0.319 e. The molecule has 2 atom stereocenters. The Balaban J connectivity index is 1.43.